The SMILES string of the molecule is CN1SCc2cc(B3OC(C)(C)C(C)(C)O3)ccc21. The zero-order chi connectivity index (χ0) is 13.8. The summed E-state index contributed by atoms with van der Waals surface area (Å²) >= 11 is 1.83. The maximum Gasteiger partial charge on any atom is 0.494 e. The van der Waals surface area contributed by atoms with E-state index in [0.717, 1.165) is 11.2 Å². The molecule has 3 rings (SSSR count). The molecule has 0 saturated carbocycles. The number of benzene rings is 1. The lowest BCUT2D eigenvalue weighted by Crippen LogP contribution is -2.41. The van der Waals surface area contributed by atoms with Crippen LogP contribution in [0.25, 0.3) is 0 Å². The molecule has 0 aliphatic carbocycles. The highest BCUT2D eigenvalue weighted by atomic mass is 32.2. The van der Waals surface area contributed by atoms with E-state index in [2.05, 4.69) is 57.2 Å². The van der Waals surface area contributed by atoms with E-state index in [1.165, 1.54) is 11.3 Å². The second-order valence-electron chi connectivity index (χ2n) is 6.25. The van der Waals surface area contributed by atoms with Crippen LogP contribution in [0.2, 0.25) is 0 Å². The van der Waals surface area contributed by atoms with Gasteiger partial charge in [0.2, 0.25) is 0 Å². The zero-order valence-corrected chi connectivity index (χ0v) is 13.0. The third-order valence-electron chi connectivity index (χ3n) is 4.38. The first-order chi connectivity index (χ1) is 8.80. The molecular weight excluding hydrogens is 257 g/mol. The number of anilines is 1. The van der Waals surface area contributed by atoms with Crippen LogP contribution in [0.4, 0.5) is 5.69 Å². The van der Waals surface area contributed by atoms with Gasteiger partial charge in [-0.3, -0.25) is 0 Å². The van der Waals surface area contributed by atoms with Crippen molar-refractivity contribution in [1.82, 2.24) is 0 Å². The molecule has 1 aromatic carbocycles. The Hall–Kier alpha value is -0.645. The Morgan fingerprint density at radius 3 is 2.42 bits per heavy atom. The summed E-state index contributed by atoms with van der Waals surface area (Å²) in [7, 11) is 1.84. The summed E-state index contributed by atoms with van der Waals surface area (Å²) in [6.45, 7) is 8.35. The van der Waals surface area contributed by atoms with Crippen LogP contribution in [0.15, 0.2) is 18.2 Å². The fraction of sp³-hybridized carbons (Fsp3) is 0.571. The fourth-order valence-corrected chi connectivity index (χ4v) is 3.27. The van der Waals surface area contributed by atoms with E-state index in [0.29, 0.717) is 0 Å². The summed E-state index contributed by atoms with van der Waals surface area (Å²) < 4.78 is 14.4. The van der Waals surface area contributed by atoms with Crippen molar-refractivity contribution in [2.24, 2.45) is 0 Å². The topological polar surface area (TPSA) is 21.7 Å². The predicted molar refractivity (Wildman–Crippen MR) is 81.9 cm³/mol. The molecule has 0 amide bonds. The highest BCUT2D eigenvalue weighted by Gasteiger charge is 2.51. The van der Waals surface area contributed by atoms with Crippen LogP contribution in [0, 0.1) is 0 Å². The van der Waals surface area contributed by atoms with Gasteiger partial charge in [0, 0.05) is 12.8 Å². The van der Waals surface area contributed by atoms with Crippen LogP contribution in [0.3, 0.4) is 0 Å². The van der Waals surface area contributed by atoms with Crippen LogP contribution >= 0.6 is 11.9 Å². The molecule has 1 saturated heterocycles. The molecule has 19 heavy (non-hydrogen) atoms. The Balaban J connectivity index is 1.89. The van der Waals surface area contributed by atoms with Gasteiger partial charge in [0.15, 0.2) is 0 Å². The minimum absolute atomic E-state index is 0.258. The van der Waals surface area contributed by atoms with E-state index >= 15 is 0 Å². The number of nitrogens with zero attached hydrogens (tertiary/aromatic N) is 1. The lowest BCUT2D eigenvalue weighted by Gasteiger charge is -2.32. The maximum atomic E-state index is 6.09. The van der Waals surface area contributed by atoms with Crippen molar-refractivity contribution in [3.05, 3.63) is 23.8 Å². The lowest BCUT2D eigenvalue weighted by molar-refractivity contribution is 0.00578. The lowest BCUT2D eigenvalue weighted by atomic mass is 9.78. The molecule has 0 bridgehead atoms. The van der Waals surface area contributed by atoms with Gasteiger partial charge in [-0.15, -0.1) is 0 Å². The molecule has 2 heterocycles. The van der Waals surface area contributed by atoms with Crippen molar-refractivity contribution >= 4 is 30.2 Å². The maximum absolute atomic E-state index is 6.09. The van der Waals surface area contributed by atoms with E-state index in [-0.39, 0.29) is 18.3 Å². The van der Waals surface area contributed by atoms with Gasteiger partial charge in [-0.2, -0.15) is 0 Å². The Morgan fingerprint density at radius 1 is 1.16 bits per heavy atom. The largest absolute Gasteiger partial charge is 0.494 e. The molecule has 2 aliphatic rings. The van der Waals surface area contributed by atoms with E-state index in [1.54, 1.807) is 0 Å². The van der Waals surface area contributed by atoms with Crippen LogP contribution in [-0.4, -0.2) is 25.4 Å². The minimum atomic E-state index is -0.276. The predicted octanol–water partition coefficient (Wildman–Crippen LogP) is 2.58. The zero-order valence-electron chi connectivity index (χ0n) is 12.2. The highest BCUT2D eigenvalue weighted by Crippen LogP contribution is 2.38. The minimum Gasteiger partial charge on any atom is -0.399 e. The van der Waals surface area contributed by atoms with Crippen molar-refractivity contribution in [2.75, 3.05) is 11.4 Å². The van der Waals surface area contributed by atoms with Crippen molar-refractivity contribution in [1.29, 1.82) is 0 Å². The van der Waals surface area contributed by atoms with E-state index in [9.17, 15) is 0 Å². The second kappa shape index (κ2) is 4.17. The molecule has 0 unspecified atom stereocenters. The number of hydrogen-bond acceptors (Lipinski definition) is 4. The van der Waals surface area contributed by atoms with Gasteiger partial charge in [0.05, 0.1) is 16.9 Å². The summed E-state index contributed by atoms with van der Waals surface area (Å²) in [5, 5.41) is 0. The molecule has 0 aromatic heterocycles. The summed E-state index contributed by atoms with van der Waals surface area (Å²) in [4.78, 5) is 0. The van der Waals surface area contributed by atoms with Gasteiger partial charge < -0.3 is 13.6 Å². The third-order valence-corrected chi connectivity index (χ3v) is 5.41. The van der Waals surface area contributed by atoms with Gasteiger partial charge in [-0.05, 0) is 56.7 Å². The van der Waals surface area contributed by atoms with Crippen LogP contribution in [0.1, 0.15) is 33.3 Å². The summed E-state index contributed by atoms with van der Waals surface area (Å²) in [5.74, 6) is 1.03. The molecule has 0 radical (unpaired) electrons. The second-order valence-corrected chi connectivity index (χ2v) is 7.34. The van der Waals surface area contributed by atoms with Gasteiger partial charge in [-0.25, -0.2) is 0 Å². The Labute approximate surface area is 119 Å². The number of rotatable bonds is 1. The number of fused-ring (bicyclic) bond motifs is 1. The monoisotopic (exact) mass is 277 g/mol. The van der Waals surface area contributed by atoms with E-state index in [1.807, 2.05) is 11.9 Å². The van der Waals surface area contributed by atoms with Gasteiger partial charge in [-0.1, -0.05) is 12.1 Å². The van der Waals surface area contributed by atoms with Crippen LogP contribution in [-0.2, 0) is 15.1 Å². The van der Waals surface area contributed by atoms with Crippen molar-refractivity contribution < 1.29 is 9.31 Å². The van der Waals surface area contributed by atoms with E-state index in [4.69, 9.17) is 9.31 Å². The average molecular weight is 277 g/mol. The van der Waals surface area contributed by atoms with Crippen LogP contribution < -0.4 is 9.77 Å². The van der Waals surface area contributed by atoms with Crippen molar-refractivity contribution in [3.63, 3.8) is 0 Å². The third kappa shape index (κ3) is 2.08. The molecule has 0 N–H and O–H groups in total. The smallest absolute Gasteiger partial charge is 0.399 e. The van der Waals surface area contributed by atoms with Crippen molar-refractivity contribution in [2.45, 2.75) is 44.6 Å². The summed E-state index contributed by atoms with van der Waals surface area (Å²) in [6.07, 6.45) is 0. The van der Waals surface area contributed by atoms with Gasteiger partial charge in [0.25, 0.3) is 0 Å². The fourth-order valence-electron chi connectivity index (χ4n) is 2.39. The Kier molecular flexibility index (Phi) is 2.93. The molecule has 1 fully saturated rings. The molecular formula is C14H20BNO2S. The quantitative estimate of drug-likeness (QED) is 0.581. The normalized spacial score (nSPS) is 23.8. The molecule has 102 valence electrons. The van der Waals surface area contributed by atoms with Crippen molar-refractivity contribution in [3.8, 4) is 0 Å². The van der Waals surface area contributed by atoms with Gasteiger partial charge in [0.1, 0.15) is 0 Å². The Bertz CT molecular complexity index is 502. The molecule has 5 heteroatoms. The first-order valence-corrected chi connectivity index (χ1v) is 7.59. The summed E-state index contributed by atoms with van der Waals surface area (Å²) in [6, 6.07) is 6.49. The first kappa shape index (κ1) is 13.3. The average Bonchev–Trinajstić information content (AvgIpc) is 2.78. The number of hydrogen-bond donors (Lipinski definition) is 0. The molecule has 0 spiro atoms. The van der Waals surface area contributed by atoms with Crippen LogP contribution in [0.5, 0.6) is 0 Å². The standard InChI is InChI=1S/C14H20BNO2S/c1-13(2)14(3,4)18-15(17-13)11-6-7-12-10(8-11)9-19-16(12)5/h6-8H,9H2,1-5H3. The molecule has 1 aromatic rings. The van der Waals surface area contributed by atoms with Gasteiger partial charge >= 0.3 is 7.12 Å². The Morgan fingerprint density at radius 2 is 1.79 bits per heavy atom. The molecule has 0 atom stereocenters. The highest BCUT2D eigenvalue weighted by molar-refractivity contribution is 8.00. The summed E-state index contributed by atoms with van der Waals surface area (Å²) in [5.41, 5.74) is 3.23. The molecule has 2 aliphatic heterocycles. The first-order valence-electron chi connectivity index (χ1n) is 6.65. The van der Waals surface area contributed by atoms with E-state index < -0.39 is 0 Å². The molecule has 3 nitrogen and oxygen atoms in total.